The van der Waals surface area contributed by atoms with Crippen molar-refractivity contribution in [1.29, 1.82) is 0 Å². The molecule has 1 fully saturated rings. The number of aryl methyl sites for hydroxylation is 1. The van der Waals surface area contributed by atoms with Crippen LogP contribution in [0.25, 0.3) is 6.08 Å². The van der Waals surface area contributed by atoms with E-state index >= 15 is 0 Å². The van der Waals surface area contributed by atoms with Crippen LogP contribution in [0.3, 0.4) is 0 Å². The highest BCUT2D eigenvalue weighted by atomic mass is 32.2. The molecule has 1 heterocycles. The number of benzene rings is 1. The predicted octanol–water partition coefficient (Wildman–Crippen LogP) is 2.67. The summed E-state index contributed by atoms with van der Waals surface area (Å²) in [6, 6.07) is 5.56. The number of carbonyl (C=O) groups is 2. The molecule has 0 bridgehead atoms. The van der Waals surface area contributed by atoms with Crippen molar-refractivity contribution in [2.75, 3.05) is 13.7 Å². The first-order valence-corrected chi connectivity index (χ1v) is 6.72. The minimum atomic E-state index is -0.341. The Balaban J connectivity index is 2.28. The Morgan fingerprint density at radius 3 is 2.80 bits per heavy atom. The van der Waals surface area contributed by atoms with E-state index in [0.29, 0.717) is 4.91 Å². The lowest BCUT2D eigenvalue weighted by Crippen LogP contribution is -2.28. The summed E-state index contributed by atoms with van der Waals surface area (Å²) >= 11 is 0.904. The maximum absolute atomic E-state index is 12.0. The summed E-state index contributed by atoms with van der Waals surface area (Å²) in [6.45, 7) is 1.92. The summed E-state index contributed by atoms with van der Waals surface area (Å²) in [5.41, 5.74) is 1.80. The van der Waals surface area contributed by atoms with Gasteiger partial charge in [0.2, 0.25) is 0 Å². The molecule has 1 aliphatic rings. The topological polar surface area (TPSA) is 46.6 Å². The first kappa shape index (κ1) is 14.2. The van der Waals surface area contributed by atoms with E-state index in [1.54, 1.807) is 13.2 Å². The molecule has 1 aromatic rings. The maximum Gasteiger partial charge on any atom is 0.294 e. The smallest absolute Gasteiger partial charge is 0.294 e. The number of thioether (sulfide) groups is 1. The third-order valence-electron chi connectivity index (χ3n) is 2.84. The molecule has 1 aromatic carbocycles. The van der Waals surface area contributed by atoms with Crippen LogP contribution in [0.5, 0.6) is 5.75 Å². The summed E-state index contributed by atoms with van der Waals surface area (Å²) in [7, 11) is 1.60. The van der Waals surface area contributed by atoms with E-state index in [4.69, 9.17) is 11.2 Å². The van der Waals surface area contributed by atoms with E-state index in [1.165, 1.54) is 0 Å². The number of amides is 2. The van der Waals surface area contributed by atoms with E-state index in [-0.39, 0.29) is 17.7 Å². The molecule has 2 rings (SSSR count). The summed E-state index contributed by atoms with van der Waals surface area (Å²) < 4.78 is 5.18. The van der Waals surface area contributed by atoms with Crippen LogP contribution in [0.2, 0.25) is 0 Å². The second-order valence-corrected chi connectivity index (χ2v) is 5.19. The largest absolute Gasteiger partial charge is 0.496 e. The number of methoxy groups -OCH3 is 1. The molecule has 1 saturated heterocycles. The number of nitrogens with zero attached hydrogens (tertiary/aromatic N) is 1. The molecule has 0 radical (unpaired) electrons. The van der Waals surface area contributed by atoms with Gasteiger partial charge >= 0.3 is 0 Å². The molecule has 4 nitrogen and oxygen atoms in total. The Labute approximate surface area is 121 Å². The summed E-state index contributed by atoms with van der Waals surface area (Å²) in [6.07, 6.45) is 6.83. The number of imide groups is 1. The molecular weight excluding hydrogens is 274 g/mol. The molecule has 0 aliphatic carbocycles. The molecule has 2 amide bonds. The van der Waals surface area contributed by atoms with Crippen molar-refractivity contribution in [2.24, 2.45) is 0 Å². The predicted molar refractivity (Wildman–Crippen MR) is 79.2 cm³/mol. The fraction of sp³-hybridized carbons (Fsp3) is 0.200. The molecule has 0 aromatic heterocycles. The first-order valence-electron chi connectivity index (χ1n) is 5.90. The quantitative estimate of drug-likeness (QED) is 0.633. The van der Waals surface area contributed by atoms with Gasteiger partial charge in [0.1, 0.15) is 5.75 Å². The lowest BCUT2D eigenvalue weighted by molar-refractivity contribution is -0.122. The monoisotopic (exact) mass is 287 g/mol. The molecule has 0 saturated carbocycles. The van der Waals surface area contributed by atoms with Crippen LogP contribution in [-0.4, -0.2) is 29.7 Å². The Kier molecular flexibility index (Phi) is 4.16. The summed E-state index contributed by atoms with van der Waals surface area (Å²) in [5, 5.41) is -0.329. The van der Waals surface area contributed by atoms with Gasteiger partial charge in [-0.2, -0.15) is 0 Å². The van der Waals surface area contributed by atoms with E-state index < -0.39 is 0 Å². The van der Waals surface area contributed by atoms with Gasteiger partial charge in [0.15, 0.2) is 0 Å². The maximum atomic E-state index is 12.0. The fourth-order valence-electron chi connectivity index (χ4n) is 1.87. The van der Waals surface area contributed by atoms with Crippen molar-refractivity contribution >= 4 is 29.0 Å². The average Bonchev–Trinajstić information content (AvgIpc) is 2.67. The number of hydrogen-bond acceptors (Lipinski definition) is 4. The van der Waals surface area contributed by atoms with Crippen LogP contribution >= 0.6 is 11.8 Å². The Bertz CT molecular complexity index is 643. The van der Waals surface area contributed by atoms with Crippen molar-refractivity contribution in [1.82, 2.24) is 4.90 Å². The van der Waals surface area contributed by atoms with Crippen LogP contribution in [0.1, 0.15) is 11.1 Å². The molecule has 1 aliphatic heterocycles. The van der Waals surface area contributed by atoms with Crippen LogP contribution in [-0.2, 0) is 4.79 Å². The van der Waals surface area contributed by atoms with Gasteiger partial charge in [0.25, 0.3) is 11.1 Å². The molecule has 20 heavy (non-hydrogen) atoms. The number of ether oxygens (including phenoxy) is 1. The van der Waals surface area contributed by atoms with E-state index in [2.05, 4.69) is 5.92 Å². The molecule has 0 N–H and O–H groups in total. The third kappa shape index (κ3) is 2.70. The second kappa shape index (κ2) is 5.85. The van der Waals surface area contributed by atoms with Gasteiger partial charge in [-0.15, -0.1) is 6.42 Å². The van der Waals surface area contributed by atoms with Gasteiger partial charge in [-0.3, -0.25) is 14.5 Å². The van der Waals surface area contributed by atoms with E-state index in [9.17, 15) is 9.59 Å². The van der Waals surface area contributed by atoms with Gasteiger partial charge in [0, 0.05) is 0 Å². The van der Waals surface area contributed by atoms with Gasteiger partial charge in [0.05, 0.1) is 18.6 Å². The lowest BCUT2D eigenvalue weighted by atomic mass is 10.1. The third-order valence-corrected chi connectivity index (χ3v) is 3.75. The number of carbonyl (C=O) groups excluding carboxylic acids is 2. The SMILES string of the molecule is C#CCN1C(=O)S/C(=C/c2ccc(OC)c(C)c2)C1=O. The highest BCUT2D eigenvalue weighted by Gasteiger charge is 2.34. The Morgan fingerprint density at radius 1 is 1.45 bits per heavy atom. The van der Waals surface area contributed by atoms with Crippen LogP contribution < -0.4 is 4.74 Å². The minimum Gasteiger partial charge on any atom is -0.496 e. The minimum absolute atomic E-state index is 0.00362. The normalized spacial score (nSPS) is 16.6. The van der Waals surface area contributed by atoms with Crippen molar-refractivity contribution in [2.45, 2.75) is 6.92 Å². The zero-order valence-electron chi connectivity index (χ0n) is 11.2. The standard InChI is InChI=1S/C15H13NO3S/c1-4-7-16-14(17)13(20-15(16)18)9-11-5-6-12(19-3)10(2)8-11/h1,5-6,8-9H,7H2,2-3H3/b13-9+. The average molecular weight is 287 g/mol. The molecule has 102 valence electrons. The molecular formula is C15H13NO3S. The zero-order chi connectivity index (χ0) is 14.7. The molecule has 0 unspecified atom stereocenters. The summed E-state index contributed by atoms with van der Waals surface area (Å²) in [5.74, 6) is 2.75. The summed E-state index contributed by atoms with van der Waals surface area (Å²) in [4.78, 5) is 25.1. The molecule has 0 spiro atoms. The number of rotatable bonds is 3. The highest BCUT2D eigenvalue weighted by Crippen LogP contribution is 2.32. The van der Waals surface area contributed by atoms with E-state index in [1.807, 2.05) is 25.1 Å². The van der Waals surface area contributed by atoms with Gasteiger partial charge in [-0.1, -0.05) is 12.0 Å². The number of hydrogen-bond donors (Lipinski definition) is 0. The molecule has 0 atom stereocenters. The van der Waals surface area contributed by atoms with Crippen molar-refractivity contribution in [3.8, 4) is 18.1 Å². The van der Waals surface area contributed by atoms with Crippen molar-refractivity contribution in [3.05, 3.63) is 34.2 Å². The first-order chi connectivity index (χ1) is 9.56. The Morgan fingerprint density at radius 2 is 2.20 bits per heavy atom. The van der Waals surface area contributed by atoms with E-state index in [0.717, 1.165) is 33.5 Å². The molecule has 5 heteroatoms. The van der Waals surface area contributed by atoms with Crippen molar-refractivity contribution in [3.63, 3.8) is 0 Å². The van der Waals surface area contributed by atoms with Gasteiger partial charge in [-0.05, 0) is 48.0 Å². The van der Waals surface area contributed by atoms with Crippen LogP contribution in [0.15, 0.2) is 23.1 Å². The van der Waals surface area contributed by atoms with Crippen LogP contribution in [0, 0.1) is 19.3 Å². The van der Waals surface area contributed by atoms with Crippen molar-refractivity contribution < 1.29 is 14.3 Å². The number of terminal acetylenes is 1. The van der Waals surface area contributed by atoms with Gasteiger partial charge < -0.3 is 4.74 Å². The highest BCUT2D eigenvalue weighted by molar-refractivity contribution is 8.18. The second-order valence-electron chi connectivity index (χ2n) is 4.20. The van der Waals surface area contributed by atoms with Crippen LogP contribution in [0.4, 0.5) is 4.79 Å². The van der Waals surface area contributed by atoms with Gasteiger partial charge in [-0.25, -0.2) is 0 Å². The lowest BCUT2D eigenvalue weighted by Gasteiger charge is -2.07. The Hall–Kier alpha value is -2.19. The fourth-order valence-corrected chi connectivity index (χ4v) is 2.71. The zero-order valence-corrected chi connectivity index (χ0v) is 12.0.